The Labute approximate surface area is 103 Å². The monoisotopic (exact) mass is 260 g/mol. The molecule has 1 aromatic carbocycles. The molecule has 18 heavy (non-hydrogen) atoms. The number of anilines is 1. The number of carbonyl (C=O) groups is 1. The lowest BCUT2D eigenvalue weighted by atomic mass is 10.1. The standard InChI is InChI=1S/C12H15F3N2O/c1-2-3-4-9(16)12(18)17-10-6-7(13)5-8(14)11(10)15/h5-6,9H,2-4,16H2,1H3,(H,17,18)/t9-/m0/s1. The van der Waals surface area contributed by atoms with Crippen LogP contribution < -0.4 is 11.1 Å². The number of unbranched alkanes of at least 4 members (excludes halogenated alkanes) is 1. The summed E-state index contributed by atoms with van der Waals surface area (Å²) in [6.07, 6.45) is 2.04. The molecule has 6 heteroatoms. The van der Waals surface area contributed by atoms with Crippen molar-refractivity contribution in [1.29, 1.82) is 0 Å². The molecule has 0 spiro atoms. The number of amides is 1. The van der Waals surface area contributed by atoms with E-state index in [4.69, 9.17) is 5.73 Å². The Morgan fingerprint density at radius 3 is 2.67 bits per heavy atom. The second-order valence-electron chi connectivity index (χ2n) is 3.99. The minimum absolute atomic E-state index is 0.405. The average molecular weight is 260 g/mol. The van der Waals surface area contributed by atoms with E-state index in [1.807, 2.05) is 6.92 Å². The molecular weight excluding hydrogens is 245 g/mol. The van der Waals surface area contributed by atoms with E-state index in [-0.39, 0.29) is 0 Å². The summed E-state index contributed by atoms with van der Waals surface area (Å²) < 4.78 is 39.0. The fourth-order valence-corrected chi connectivity index (χ4v) is 1.43. The molecular formula is C12H15F3N2O. The molecule has 0 heterocycles. The summed E-state index contributed by atoms with van der Waals surface area (Å²) in [6, 6.07) is 0.292. The second kappa shape index (κ2) is 6.39. The number of benzene rings is 1. The maximum atomic E-state index is 13.3. The Morgan fingerprint density at radius 2 is 2.06 bits per heavy atom. The van der Waals surface area contributed by atoms with Gasteiger partial charge in [0.2, 0.25) is 5.91 Å². The molecule has 1 aromatic rings. The first-order chi connectivity index (χ1) is 8.45. The Kier molecular flexibility index (Phi) is 5.15. The highest BCUT2D eigenvalue weighted by molar-refractivity contribution is 5.94. The highest BCUT2D eigenvalue weighted by Gasteiger charge is 2.17. The number of nitrogens with one attached hydrogen (secondary N) is 1. The number of halogens is 3. The maximum Gasteiger partial charge on any atom is 0.241 e. The summed E-state index contributed by atoms with van der Waals surface area (Å²) in [4.78, 5) is 11.5. The highest BCUT2D eigenvalue weighted by Crippen LogP contribution is 2.19. The summed E-state index contributed by atoms with van der Waals surface area (Å²) in [5, 5.41) is 2.08. The first-order valence-electron chi connectivity index (χ1n) is 5.66. The summed E-state index contributed by atoms with van der Waals surface area (Å²) in [5.74, 6) is -4.28. The first kappa shape index (κ1) is 14.5. The van der Waals surface area contributed by atoms with E-state index in [2.05, 4.69) is 5.32 Å². The van der Waals surface area contributed by atoms with E-state index in [0.717, 1.165) is 12.8 Å². The summed E-state index contributed by atoms with van der Waals surface area (Å²) in [5.41, 5.74) is 5.02. The van der Waals surface area contributed by atoms with Crippen molar-refractivity contribution in [3.8, 4) is 0 Å². The molecule has 0 aliphatic carbocycles. The quantitative estimate of drug-likeness (QED) is 0.799. The Morgan fingerprint density at radius 1 is 1.39 bits per heavy atom. The third kappa shape index (κ3) is 3.73. The van der Waals surface area contributed by atoms with Crippen molar-refractivity contribution in [2.45, 2.75) is 32.2 Å². The average Bonchev–Trinajstić information content (AvgIpc) is 2.32. The summed E-state index contributed by atoms with van der Waals surface area (Å²) in [6.45, 7) is 1.94. The Bertz CT molecular complexity index is 438. The van der Waals surface area contributed by atoms with Crippen LogP contribution >= 0.6 is 0 Å². The van der Waals surface area contributed by atoms with Gasteiger partial charge in [-0.25, -0.2) is 13.2 Å². The van der Waals surface area contributed by atoms with Gasteiger partial charge in [0.15, 0.2) is 11.6 Å². The van der Waals surface area contributed by atoms with Crippen molar-refractivity contribution < 1.29 is 18.0 Å². The van der Waals surface area contributed by atoms with E-state index >= 15 is 0 Å². The predicted molar refractivity (Wildman–Crippen MR) is 62.4 cm³/mol. The number of nitrogens with two attached hydrogens (primary N) is 1. The molecule has 100 valence electrons. The van der Waals surface area contributed by atoms with E-state index in [1.165, 1.54) is 0 Å². The molecule has 1 atom stereocenters. The molecule has 0 aromatic heterocycles. The second-order valence-corrected chi connectivity index (χ2v) is 3.99. The fourth-order valence-electron chi connectivity index (χ4n) is 1.43. The van der Waals surface area contributed by atoms with Crippen LogP contribution in [0.3, 0.4) is 0 Å². The molecule has 1 rings (SSSR count). The van der Waals surface area contributed by atoms with Crippen LogP contribution in [0, 0.1) is 17.5 Å². The van der Waals surface area contributed by atoms with Gasteiger partial charge in [0.25, 0.3) is 0 Å². The van der Waals surface area contributed by atoms with Gasteiger partial charge in [0.05, 0.1) is 11.7 Å². The van der Waals surface area contributed by atoms with Gasteiger partial charge in [-0.3, -0.25) is 4.79 Å². The topological polar surface area (TPSA) is 55.1 Å². The number of rotatable bonds is 5. The lowest BCUT2D eigenvalue weighted by Gasteiger charge is -2.12. The van der Waals surface area contributed by atoms with Crippen molar-refractivity contribution >= 4 is 11.6 Å². The van der Waals surface area contributed by atoms with Crippen LogP contribution in [0.4, 0.5) is 18.9 Å². The van der Waals surface area contributed by atoms with Gasteiger partial charge < -0.3 is 11.1 Å². The van der Waals surface area contributed by atoms with Crippen LogP contribution in [0.2, 0.25) is 0 Å². The van der Waals surface area contributed by atoms with E-state index < -0.39 is 35.1 Å². The largest absolute Gasteiger partial charge is 0.322 e. The summed E-state index contributed by atoms with van der Waals surface area (Å²) >= 11 is 0. The molecule has 1 amide bonds. The van der Waals surface area contributed by atoms with Gasteiger partial charge in [0, 0.05) is 12.1 Å². The van der Waals surface area contributed by atoms with Gasteiger partial charge in [-0.1, -0.05) is 19.8 Å². The number of carbonyl (C=O) groups excluding carboxylic acids is 1. The van der Waals surface area contributed by atoms with Crippen LogP contribution in [-0.2, 0) is 4.79 Å². The minimum Gasteiger partial charge on any atom is -0.322 e. The zero-order chi connectivity index (χ0) is 13.7. The lowest BCUT2D eigenvalue weighted by Crippen LogP contribution is -2.35. The van der Waals surface area contributed by atoms with Crippen LogP contribution in [0.1, 0.15) is 26.2 Å². The molecule has 3 N–H and O–H groups in total. The Hall–Kier alpha value is -1.56. The number of hydrogen-bond acceptors (Lipinski definition) is 2. The summed E-state index contributed by atoms with van der Waals surface area (Å²) in [7, 11) is 0. The van der Waals surface area contributed by atoms with Gasteiger partial charge in [-0.2, -0.15) is 0 Å². The highest BCUT2D eigenvalue weighted by atomic mass is 19.2. The molecule has 0 saturated heterocycles. The van der Waals surface area contributed by atoms with Crippen LogP contribution in [0.15, 0.2) is 12.1 Å². The smallest absolute Gasteiger partial charge is 0.241 e. The maximum absolute atomic E-state index is 13.3. The molecule has 0 unspecified atom stereocenters. The molecule has 3 nitrogen and oxygen atoms in total. The third-order valence-corrected chi connectivity index (χ3v) is 2.46. The third-order valence-electron chi connectivity index (χ3n) is 2.46. The zero-order valence-corrected chi connectivity index (χ0v) is 9.97. The molecule has 0 radical (unpaired) electrons. The van der Waals surface area contributed by atoms with Crippen molar-refractivity contribution in [3.63, 3.8) is 0 Å². The molecule has 0 fully saturated rings. The van der Waals surface area contributed by atoms with Gasteiger partial charge >= 0.3 is 0 Å². The lowest BCUT2D eigenvalue weighted by molar-refractivity contribution is -0.117. The van der Waals surface area contributed by atoms with E-state index in [9.17, 15) is 18.0 Å². The molecule has 0 aliphatic heterocycles. The SMILES string of the molecule is CCCC[C@H](N)C(=O)Nc1cc(F)cc(F)c1F. The van der Waals surface area contributed by atoms with E-state index in [0.29, 0.717) is 18.6 Å². The predicted octanol–water partition coefficient (Wildman–Crippen LogP) is 2.56. The van der Waals surface area contributed by atoms with Gasteiger partial charge in [-0.05, 0) is 6.42 Å². The van der Waals surface area contributed by atoms with E-state index in [1.54, 1.807) is 0 Å². The molecule has 0 aliphatic rings. The molecule has 0 saturated carbocycles. The van der Waals surface area contributed by atoms with Crippen LogP contribution in [0.25, 0.3) is 0 Å². The fraction of sp³-hybridized carbons (Fsp3) is 0.417. The number of hydrogen-bond donors (Lipinski definition) is 2. The van der Waals surface area contributed by atoms with Crippen molar-refractivity contribution in [2.24, 2.45) is 5.73 Å². The Balaban J connectivity index is 2.75. The van der Waals surface area contributed by atoms with Crippen LogP contribution in [0.5, 0.6) is 0 Å². The normalized spacial score (nSPS) is 12.3. The van der Waals surface area contributed by atoms with Crippen LogP contribution in [-0.4, -0.2) is 11.9 Å². The van der Waals surface area contributed by atoms with Crippen molar-refractivity contribution in [1.82, 2.24) is 0 Å². The zero-order valence-electron chi connectivity index (χ0n) is 9.97. The first-order valence-corrected chi connectivity index (χ1v) is 5.66. The van der Waals surface area contributed by atoms with Gasteiger partial charge in [0.1, 0.15) is 5.82 Å². The van der Waals surface area contributed by atoms with Gasteiger partial charge in [-0.15, -0.1) is 0 Å². The van der Waals surface area contributed by atoms with Crippen molar-refractivity contribution in [3.05, 3.63) is 29.6 Å². The minimum atomic E-state index is -1.35. The molecule has 0 bridgehead atoms. The van der Waals surface area contributed by atoms with Crippen molar-refractivity contribution in [2.75, 3.05) is 5.32 Å².